The van der Waals surface area contributed by atoms with Crippen LogP contribution in [-0.4, -0.2) is 53.9 Å². The summed E-state index contributed by atoms with van der Waals surface area (Å²) < 4.78 is 22.9. The fourth-order valence-electron chi connectivity index (χ4n) is 4.78. The van der Waals surface area contributed by atoms with Crippen LogP contribution in [0.25, 0.3) is 11.5 Å². The summed E-state index contributed by atoms with van der Waals surface area (Å²) in [5.74, 6) is 1.23. The number of nitrogens with zero attached hydrogens (tertiary/aromatic N) is 2. The average Bonchev–Trinajstić information content (AvgIpc) is 3.28. The van der Waals surface area contributed by atoms with Gasteiger partial charge in [0.2, 0.25) is 5.89 Å². The Morgan fingerprint density at radius 2 is 1.87 bits per heavy atom. The highest BCUT2D eigenvalue weighted by molar-refractivity contribution is 5.75. The van der Waals surface area contributed by atoms with Gasteiger partial charge in [0.05, 0.1) is 24.8 Å². The number of likely N-dealkylation sites (tertiary alicyclic amines) is 1. The molecule has 0 aliphatic carbocycles. The number of piperidine rings is 1. The van der Waals surface area contributed by atoms with E-state index in [4.69, 9.17) is 18.6 Å². The summed E-state index contributed by atoms with van der Waals surface area (Å²) in [6.07, 6.45) is 0.719. The second-order valence-corrected chi connectivity index (χ2v) is 10.7. The number of hydrogen-bond donors (Lipinski definition) is 0. The molecule has 0 unspecified atom stereocenters. The lowest BCUT2D eigenvalue weighted by atomic mass is 9.80. The highest BCUT2D eigenvalue weighted by atomic mass is 16.6. The van der Waals surface area contributed by atoms with Crippen molar-refractivity contribution < 1.29 is 28.2 Å². The third kappa shape index (κ3) is 7.40. The molecule has 4 rings (SSSR count). The molecule has 1 saturated heterocycles. The largest absolute Gasteiger partial charge is 0.493 e. The number of benzene rings is 2. The molecule has 39 heavy (non-hydrogen) atoms. The summed E-state index contributed by atoms with van der Waals surface area (Å²) in [6, 6.07) is 17.5. The molecule has 1 amide bonds. The van der Waals surface area contributed by atoms with Crippen LogP contribution in [0.3, 0.4) is 0 Å². The zero-order valence-electron chi connectivity index (χ0n) is 23.4. The predicted octanol–water partition coefficient (Wildman–Crippen LogP) is 6.18. The van der Waals surface area contributed by atoms with Gasteiger partial charge in [-0.15, -0.1) is 0 Å². The molecule has 8 nitrogen and oxygen atoms in total. The number of oxazole rings is 1. The van der Waals surface area contributed by atoms with Crippen LogP contribution >= 0.6 is 0 Å². The highest BCUT2D eigenvalue weighted by Crippen LogP contribution is 2.35. The van der Waals surface area contributed by atoms with E-state index in [0.717, 1.165) is 22.6 Å². The van der Waals surface area contributed by atoms with Crippen LogP contribution in [-0.2, 0) is 20.7 Å². The Hall–Kier alpha value is -3.81. The van der Waals surface area contributed by atoms with Gasteiger partial charge in [0.25, 0.3) is 0 Å². The van der Waals surface area contributed by atoms with E-state index >= 15 is 0 Å². The number of esters is 1. The zero-order chi connectivity index (χ0) is 28.0. The van der Waals surface area contributed by atoms with E-state index in [1.807, 2.05) is 82.3 Å². The molecule has 208 valence electrons. The number of hydrogen-bond acceptors (Lipinski definition) is 7. The Kier molecular flexibility index (Phi) is 8.94. The minimum atomic E-state index is -0.595. The van der Waals surface area contributed by atoms with Crippen molar-refractivity contribution in [2.75, 3.05) is 26.3 Å². The van der Waals surface area contributed by atoms with E-state index < -0.39 is 5.60 Å². The van der Waals surface area contributed by atoms with Gasteiger partial charge in [-0.1, -0.05) is 30.3 Å². The smallest absolute Gasteiger partial charge is 0.410 e. The van der Waals surface area contributed by atoms with Crippen molar-refractivity contribution in [3.63, 3.8) is 0 Å². The lowest BCUT2D eigenvalue weighted by Crippen LogP contribution is -2.47. The molecule has 0 N–H and O–H groups in total. The van der Waals surface area contributed by atoms with E-state index in [0.29, 0.717) is 50.8 Å². The van der Waals surface area contributed by atoms with E-state index in [1.54, 1.807) is 11.8 Å². The van der Waals surface area contributed by atoms with Crippen molar-refractivity contribution >= 4 is 12.1 Å². The van der Waals surface area contributed by atoms with Gasteiger partial charge in [0.15, 0.2) is 0 Å². The Labute approximate surface area is 230 Å². The third-order valence-electron chi connectivity index (χ3n) is 6.66. The molecule has 3 aromatic rings. The van der Waals surface area contributed by atoms with Gasteiger partial charge in [-0.3, -0.25) is 4.79 Å². The molecule has 1 fully saturated rings. The van der Waals surface area contributed by atoms with Crippen LogP contribution < -0.4 is 4.74 Å². The first kappa shape index (κ1) is 28.2. The number of carbonyl (C=O) groups is 2. The summed E-state index contributed by atoms with van der Waals surface area (Å²) >= 11 is 0. The molecule has 1 aliphatic rings. The van der Waals surface area contributed by atoms with E-state index in [9.17, 15) is 9.59 Å². The molecule has 1 aromatic heterocycles. The Morgan fingerprint density at radius 3 is 2.59 bits per heavy atom. The Bertz CT molecular complexity index is 1260. The number of aromatic nitrogens is 1. The van der Waals surface area contributed by atoms with Crippen molar-refractivity contribution in [2.24, 2.45) is 5.92 Å². The van der Waals surface area contributed by atoms with Crippen LogP contribution in [0.1, 0.15) is 57.1 Å². The summed E-state index contributed by atoms with van der Waals surface area (Å²) in [6.45, 7) is 10.8. The minimum absolute atomic E-state index is 0.236. The summed E-state index contributed by atoms with van der Waals surface area (Å²) in [7, 11) is 0. The maximum Gasteiger partial charge on any atom is 0.410 e. The maximum absolute atomic E-state index is 12.8. The van der Waals surface area contributed by atoms with Crippen LogP contribution in [0, 0.1) is 12.8 Å². The summed E-state index contributed by atoms with van der Waals surface area (Å²) in [5.41, 5.74) is 2.11. The van der Waals surface area contributed by atoms with Gasteiger partial charge in [0, 0.05) is 31.0 Å². The number of aryl methyl sites for hydroxylation is 1. The average molecular weight is 535 g/mol. The topological polar surface area (TPSA) is 91.1 Å². The Balaban J connectivity index is 1.45. The van der Waals surface area contributed by atoms with Gasteiger partial charge in [-0.25, -0.2) is 9.78 Å². The van der Waals surface area contributed by atoms with Crippen LogP contribution in [0.15, 0.2) is 59.0 Å². The molecular formula is C31H38N2O6. The molecule has 0 bridgehead atoms. The van der Waals surface area contributed by atoms with Crippen molar-refractivity contribution in [2.45, 2.75) is 59.0 Å². The van der Waals surface area contributed by atoms with Gasteiger partial charge in [-0.05, 0) is 70.9 Å². The highest BCUT2D eigenvalue weighted by Gasteiger charge is 2.39. The summed E-state index contributed by atoms with van der Waals surface area (Å²) in [4.78, 5) is 32.0. The van der Waals surface area contributed by atoms with Crippen molar-refractivity contribution in [1.82, 2.24) is 9.88 Å². The minimum Gasteiger partial charge on any atom is -0.493 e. The van der Waals surface area contributed by atoms with Gasteiger partial charge in [-0.2, -0.15) is 0 Å². The lowest BCUT2D eigenvalue weighted by Gasteiger charge is -2.38. The molecule has 0 spiro atoms. The third-order valence-corrected chi connectivity index (χ3v) is 6.66. The van der Waals surface area contributed by atoms with Crippen molar-refractivity contribution in [3.05, 3.63) is 71.6 Å². The van der Waals surface area contributed by atoms with E-state index in [2.05, 4.69) is 4.98 Å². The number of ether oxygens (including phenoxy) is 3. The quantitative estimate of drug-likeness (QED) is 0.319. The second kappa shape index (κ2) is 12.4. The lowest BCUT2D eigenvalue weighted by molar-refractivity contribution is -0.150. The maximum atomic E-state index is 12.8. The molecule has 1 aliphatic heterocycles. The predicted molar refractivity (Wildman–Crippen MR) is 148 cm³/mol. The molecule has 0 saturated carbocycles. The molecular weight excluding hydrogens is 496 g/mol. The normalized spacial score (nSPS) is 17.5. The molecule has 2 heterocycles. The van der Waals surface area contributed by atoms with E-state index in [1.165, 1.54) is 0 Å². The van der Waals surface area contributed by atoms with Crippen molar-refractivity contribution in [1.29, 1.82) is 0 Å². The zero-order valence-corrected chi connectivity index (χ0v) is 23.4. The standard InChI is InChI=1S/C31H38N2O6/c1-6-36-29(34)25-15-17-33(30(35)39-31(3,4)5)20-26(25)23-13-10-14-24(19-23)37-18-16-27-21(2)38-28(32-27)22-11-8-7-9-12-22/h7-14,19,25-26H,6,15-18,20H2,1-5H3/t25-,26-/m0/s1. The van der Waals surface area contributed by atoms with Crippen molar-refractivity contribution in [3.8, 4) is 17.2 Å². The number of carbonyl (C=O) groups excluding carboxylic acids is 2. The number of amides is 1. The van der Waals surface area contributed by atoms with Crippen LogP contribution in [0.5, 0.6) is 5.75 Å². The molecule has 8 heteroatoms. The monoisotopic (exact) mass is 534 g/mol. The SMILES string of the molecule is CCOC(=O)[C@H]1CCN(C(=O)OC(C)(C)C)C[C@H]1c1cccc(OCCc2nc(-c3ccccc3)oc2C)c1. The van der Waals surface area contributed by atoms with Gasteiger partial charge in [0.1, 0.15) is 17.1 Å². The molecule has 2 aromatic carbocycles. The van der Waals surface area contributed by atoms with E-state index in [-0.39, 0.29) is 23.9 Å². The fraction of sp³-hybridized carbons (Fsp3) is 0.452. The number of rotatable bonds is 8. The first-order valence-corrected chi connectivity index (χ1v) is 13.5. The summed E-state index contributed by atoms with van der Waals surface area (Å²) in [5, 5.41) is 0. The van der Waals surface area contributed by atoms with Crippen LogP contribution in [0.4, 0.5) is 4.79 Å². The molecule has 0 radical (unpaired) electrons. The molecule has 2 atom stereocenters. The first-order chi connectivity index (χ1) is 18.6. The van der Waals surface area contributed by atoms with Gasteiger partial charge < -0.3 is 23.5 Å². The van der Waals surface area contributed by atoms with Crippen LogP contribution in [0.2, 0.25) is 0 Å². The Morgan fingerprint density at radius 1 is 1.10 bits per heavy atom. The fourth-order valence-corrected chi connectivity index (χ4v) is 4.78. The van der Waals surface area contributed by atoms with Gasteiger partial charge >= 0.3 is 12.1 Å². The first-order valence-electron chi connectivity index (χ1n) is 13.5. The second-order valence-electron chi connectivity index (χ2n) is 10.7.